The molecule has 0 spiro atoms. The summed E-state index contributed by atoms with van der Waals surface area (Å²) >= 11 is 0. The maximum Gasteiger partial charge on any atom is 0.253 e. The first-order valence-electron chi connectivity index (χ1n) is 14.7. The summed E-state index contributed by atoms with van der Waals surface area (Å²) in [6.07, 6.45) is 12.5. The van der Waals surface area contributed by atoms with Gasteiger partial charge in [-0.15, -0.1) is 0 Å². The molecule has 1 amide bonds. The average Bonchev–Trinajstić information content (AvgIpc) is 3.26. The molecule has 1 saturated heterocycles. The number of allylic oxidation sites excluding steroid dienone is 2. The molecule has 0 N–H and O–H groups in total. The summed E-state index contributed by atoms with van der Waals surface area (Å²) in [6.45, 7) is 20.5. The van der Waals surface area contributed by atoms with E-state index in [1.54, 1.807) is 6.20 Å². The average molecular weight is 520 g/mol. The van der Waals surface area contributed by atoms with Crippen molar-refractivity contribution in [1.82, 2.24) is 19.4 Å². The summed E-state index contributed by atoms with van der Waals surface area (Å²) in [5.41, 5.74) is 3.42. The number of likely N-dealkylation sites (tertiary alicyclic amines) is 1. The number of nitrogens with zero attached hydrogens (tertiary/aromatic N) is 5. The molecule has 6 heteroatoms. The minimum absolute atomic E-state index is 0.115. The highest BCUT2D eigenvalue weighted by Crippen LogP contribution is 2.22. The van der Waals surface area contributed by atoms with Crippen LogP contribution in [0.25, 0.3) is 11.0 Å². The molecule has 0 atom stereocenters. The maximum atomic E-state index is 13.7. The number of benzene rings is 1. The molecule has 1 aliphatic heterocycles. The van der Waals surface area contributed by atoms with Gasteiger partial charge in [-0.05, 0) is 94.8 Å². The Kier molecular flexibility index (Phi) is 11.8. The number of aryl methyl sites for hydroxylation is 1. The number of imidazole rings is 1. The Morgan fingerprint density at radius 2 is 1.76 bits per heavy atom. The van der Waals surface area contributed by atoms with Crippen LogP contribution in [0.1, 0.15) is 89.3 Å². The summed E-state index contributed by atoms with van der Waals surface area (Å²) in [5.74, 6) is 2.07. The van der Waals surface area contributed by atoms with Gasteiger partial charge in [0.25, 0.3) is 5.91 Å². The van der Waals surface area contributed by atoms with E-state index in [4.69, 9.17) is 4.98 Å². The van der Waals surface area contributed by atoms with Gasteiger partial charge in [-0.3, -0.25) is 9.79 Å². The Balaban J connectivity index is 1.95. The van der Waals surface area contributed by atoms with E-state index in [9.17, 15) is 4.79 Å². The molecule has 1 aromatic carbocycles. The Bertz CT molecular complexity index is 1090. The fourth-order valence-electron chi connectivity index (χ4n) is 5.07. The third-order valence-corrected chi connectivity index (χ3v) is 7.32. The Hall–Kier alpha value is -2.73. The van der Waals surface area contributed by atoms with Crippen LogP contribution in [0.5, 0.6) is 0 Å². The first kappa shape index (κ1) is 29.8. The van der Waals surface area contributed by atoms with Gasteiger partial charge in [0.1, 0.15) is 5.71 Å². The zero-order chi connectivity index (χ0) is 27.5. The molecule has 0 aliphatic carbocycles. The van der Waals surface area contributed by atoms with Gasteiger partial charge in [-0.2, -0.15) is 0 Å². The molecule has 0 unspecified atom stereocenters. The molecule has 2 aromatic rings. The molecule has 0 bridgehead atoms. The van der Waals surface area contributed by atoms with Gasteiger partial charge in [0.05, 0.1) is 11.0 Å². The molecule has 1 aromatic heterocycles. The van der Waals surface area contributed by atoms with Crippen LogP contribution in [-0.2, 0) is 6.54 Å². The summed E-state index contributed by atoms with van der Waals surface area (Å²) in [6, 6.07) is 5.99. The Morgan fingerprint density at radius 1 is 1.08 bits per heavy atom. The van der Waals surface area contributed by atoms with Crippen molar-refractivity contribution < 1.29 is 4.79 Å². The van der Waals surface area contributed by atoms with Gasteiger partial charge in [-0.25, -0.2) is 4.98 Å². The van der Waals surface area contributed by atoms with Gasteiger partial charge in [-0.1, -0.05) is 46.8 Å². The molecule has 1 aliphatic rings. The first-order valence-corrected chi connectivity index (χ1v) is 14.7. The standard InChI is InChI=1S/C32H49N5O/c1-7-13-29(33-8-2)31-34-28-15-14-27(32(38)36(22-16-25(3)4)23-17-26(5)6)24-30(28)37(31)21-12-20-35-18-10-9-11-19-35/h7-8,13-15,24-26H,2,9-12,16-23H2,1,3-6H3/b13-7-,33-29+. The number of aromatic nitrogens is 2. The zero-order valence-electron chi connectivity index (χ0n) is 24.5. The van der Waals surface area contributed by atoms with Crippen LogP contribution < -0.4 is 0 Å². The van der Waals surface area contributed by atoms with Crippen molar-refractivity contribution in [2.45, 2.75) is 79.7 Å². The second kappa shape index (κ2) is 15.0. The predicted molar refractivity (Wildman–Crippen MR) is 161 cm³/mol. The molecular weight excluding hydrogens is 470 g/mol. The van der Waals surface area contributed by atoms with Crippen molar-refractivity contribution >= 4 is 22.7 Å². The lowest BCUT2D eigenvalue weighted by Crippen LogP contribution is -2.34. The van der Waals surface area contributed by atoms with Gasteiger partial charge in [0, 0.05) is 31.4 Å². The number of amides is 1. The maximum absolute atomic E-state index is 13.7. The quantitative estimate of drug-likeness (QED) is 0.254. The Labute approximate surface area is 230 Å². The van der Waals surface area contributed by atoms with E-state index in [1.807, 2.05) is 42.2 Å². The van der Waals surface area contributed by atoms with Crippen LogP contribution in [0.3, 0.4) is 0 Å². The van der Waals surface area contributed by atoms with Gasteiger partial charge in [0.15, 0.2) is 5.82 Å². The number of rotatable bonds is 14. The normalized spacial score (nSPS) is 15.3. The number of carbonyl (C=O) groups excluding carboxylic acids is 1. The molecule has 0 saturated carbocycles. The molecule has 6 nitrogen and oxygen atoms in total. The first-order chi connectivity index (χ1) is 18.3. The molecule has 2 heterocycles. The fraction of sp³-hybridized carbons (Fsp3) is 0.594. The molecule has 3 rings (SSSR count). The van der Waals surface area contributed by atoms with Gasteiger partial charge in [0.2, 0.25) is 0 Å². The van der Waals surface area contributed by atoms with Crippen molar-refractivity contribution in [3.63, 3.8) is 0 Å². The zero-order valence-corrected chi connectivity index (χ0v) is 24.5. The molecule has 208 valence electrons. The second-order valence-electron chi connectivity index (χ2n) is 11.4. The molecular formula is C32H49N5O. The van der Waals surface area contributed by atoms with E-state index in [-0.39, 0.29) is 5.91 Å². The van der Waals surface area contributed by atoms with Gasteiger partial charge >= 0.3 is 0 Å². The van der Waals surface area contributed by atoms with Crippen molar-refractivity contribution in [2.24, 2.45) is 16.8 Å². The third-order valence-electron chi connectivity index (χ3n) is 7.32. The van der Waals surface area contributed by atoms with Crippen LogP contribution in [0, 0.1) is 11.8 Å². The van der Waals surface area contributed by atoms with E-state index in [1.165, 1.54) is 32.4 Å². The highest BCUT2D eigenvalue weighted by atomic mass is 16.2. The number of aliphatic imine (C=N–C) groups is 1. The SMILES string of the molecule is C=C/N=C(\C=C/C)c1nc2ccc(C(=O)N(CCC(C)C)CCC(C)C)cc2n1CCCN1CCCCC1. The highest BCUT2D eigenvalue weighted by molar-refractivity contribution is 6.08. The second-order valence-corrected chi connectivity index (χ2v) is 11.4. The van der Waals surface area contributed by atoms with E-state index in [2.05, 4.69) is 48.7 Å². The van der Waals surface area contributed by atoms with Crippen LogP contribution in [0.15, 0.2) is 48.1 Å². The summed E-state index contributed by atoms with van der Waals surface area (Å²) < 4.78 is 2.25. The Morgan fingerprint density at radius 3 is 2.37 bits per heavy atom. The van der Waals surface area contributed by atoms with E-state index < -0.39 is 0 Å². The number of piperidine rings is 1. The van der Waals surface area contributed by atoms with Crippen molar-refractivity contribution in [1.29, 1.82) is 0 Å². The monoisotopic (exact) mass is 519 g/mol. The third kappa shape index (κ3) is 8.39. The number of carbonyl (C=O) groups is 1. The topological polar surface area (TPSA) is 53.7 Å². The van der Waals surface area contributed by atoms with E-state index >= 15 is 0 Å². The van der Waals surface area contributed by atoms with Crippen LogP contribution in [0.2, 0.25) is 0 Å². The number of fused-ring (bicyclic) bond motifs is 1. The van der Waals surface area contributed by atoms with Crippen molar-refractivity contribution in [3.05, 3.63) is 54.5 Å². The predicted octanol–water partition coefficient (Wildman–Crippen LogP) is 6.96. The largest absolute Gasteiger partial charge is 0.339 e. The molecule has 0 radical (unpaired) electrons. The lowest BCUT2D eigenvalue weighted by Gasteiger charge is -2.26. The van der Waals surface area contributed by atoms with Gasteiger partial charge < -0.3 is 14.4 Å². The molecule has 38 heavy (non-hydrogen) atoms. The highest BCUT2D eigenvalue weighted by Gasteiger charge is 2.20. The lowest BCUT2D eigenvalue weighted by atomic mass is 10.1. The fourth-order valence-corrected chi connectivity index (χ4v) is 5.07. The number of hydrogen-bond donors (Lipinski definition) is 0. The number of hydrogen-bond acceptors (Lipinski definition) is 4. The van der Waals surface area contributed by atoms with Crippen LogP contribution >= 0.6 is 0 Å². The summed E-state index contributed by atoms with van der Waals surface area (Å²) in [5, 5.41) is 0. The van der Waals surface area contributed by atoms with E-state index in [0.717, 1.165) is 73.6 Å². The lowest BCUT2D eigenvalue weighted by molar-refractivity contribution is 0.0741. The minimum atomic E-state index is 0.115. The van der Waals surface area contributed by atoms with Crippen molar-refractivity contribution in [2.75, 3.05) is 32.7 Å². The van der Waals surface area contributed by atoms with Crippen LogP contribution in [0.4, 0.5) is 0 Å². The van der Waals surface area contributed by atoms with Crippen LogP contribution in [-0.4, -0.2) is 63.7 Å². The smallest absolute Gasteiger partial charge is 0.253 e. The summed E-state index contributed by atoms with van der Waals surface area (Å²) in [7, 11) is 0. The van der Waals surface area contributed by atoms with Crippen molar-refractivity contribution in [3.8, 4) is 0 Å². The minimum Gasteiger partial charge on any atom is -0.339 e. The molecule has 1 fully saturated rings. The summed E-state index contributed by atoms with van der Waals surface area (Å²) in [4.78, 5) is 27.9. The van der Waals surface area contributed by atoms with E-state index in [0.29, 0.717) is 11.8 Å².